The van der Waals surface area contributed by atoms with E-state index in [1.54, 1.807) is 29.2 Å². The van der Waals surface area contributed by atoms with Gasteiger partial charge in [0.05, 0.1) is 10.6 Å². The zero-order valence-electron chi connectivity index (χ0n) is 17.2. The molecule has 0 aliphatic carbocycles. The molecule has 5 rings (SSSR count). The summed E-state index contributed by atoms with van der Waals surface area (Å²) in [5.74, 6) is -0.193. The largest absolute Gasteiger partial charge is 0.332 e. The van der Waals surface area contributed by atoms with E-state index in [1.807, 2.05) is 61.5 Å². The van der Waals surface area contributed by atoms with Crippen LogP contribution in [0.15, 0.2) is 83.8 Å². The van der Waals surface area contributed by atoms with Gasteiger partial charge in [-0.2, -0.15) is 4.31 Å². The van der Waals surface area contributed by atoms with Crippen LogP contribution in [0.1, 0.15) is 35.9 Å². The molecule has 3 atom stereocenters. The lowest BCUT2D eigenvalue weighted by Crippen LogP contribution is -2.38. The first-order chi connectivity index (χ1) is 14.9. The van der Waals surface area contributed by atoms with Gasteiger partial charge in [-0.15, -0.1) is 0 Å². The van der Waals surface area contributed by atoms with Gasteiger partial charge >= 0.3 is 0 Å². The molecule has 1 amide bonds. The van der Waals surface area contributed by atoms with Gasteiger partial charge in [0.2, 0.25) is 15.9 Å². The van der Waals surface area contributed by atoms with Crippen molar-refractivity contribution in [1.29, 1.82) is 0 Å². The van der Waals surface area contributed by atoms with E-state index in [-0.39, 0.29) is 10.8 Å². The van der Waals surface area contributed by atoms with E-state index < -0.39 is 28.5 Å². The fraction of sp³-hybridized carbons (Fsp3) is 0.208. The van der Waals surface area contributed by atoms with Crippen molar-refractivity contribution in [1.82, 2.24) is 4.31 Å². The van der Waals surface area contributed by atoms with Crippen LogP contribution in [0.4, 0.5) is 5.69 Å². The molecule has 2 heterocycles. The van der Waals surface area contributed by atoms with Gasteiger partial charge in [-0.25, -0.2) is 8.42 Å². The Bertz CT molecular complexity index is 1240. The Kier molecular flexibility index (Phi) is 4.69. The highest BCUT2D eigenvalue weighted by Gasteiger charge is 2.57. The van der Waals surface area contributed by atoms with Crippen molar-refractivity contribution in [2.24, 2.45) is 0 Å². The Labute approximate surface area is 181 Å². The van der Waals surface area contributed by atoms with Crippen molar-refractivity contribution in [3.05, 3.63) is 95.6 Å². The van der Waals surface area contributed by atoms with Crippen LogP contribution in [0.2, 0.25) is 0 Å². The number of aryl methyl sites for hydroxylation is 1. The van der Waals surface area contributed by atoms with Crippen LogP contribution in [-0.4, -0.2) is 24.9 Å². The minimum Gasteiger partial charge on any atom is -0.332 e. The molecule has 0 spiro atoms. The molecule has 3 aromatic carbocycles. The number of hydrogen-bond acceptors (Lipinski definition) is 4. The number of amides is 1. The minimum atomic E-state index is -3.93. The fourth-order valence-electron chi connectivity index (χ4n) is 4.42. The van der Waals surface area contributed by atoms with Crippen molar-refractivity contribution < 1.29 is 17.9 Å². The highest BCUT2D eigenvalue weighted by atomic mass is 32.2. The molecule has 1 saturated heterocycles. The van der Waals surface area contributed by atoms with Gasteiger partial charge in [0.25, 0.3) is 0 Å². The predicted octanol–water partition coefficient (Wildman–Crippen LogP) is 4.15. The van der Waals surface area contributed by atoms with Crippen molar-refractivity contribution in [2.75, 3.05) is 4.90 Å². The highest BCUT2D eigenvalue weighted by molar-refractivity contribution is 7.89. The van der Waals surface area contributed by atoms with Gasteiger partial charge in [0.15, 0.2) is 12.5 Å². The second-order valence-corrected chi connectivity index (χ2v) is 9.67. The van der Waals surface area contributed by atoms with Crippen LogP contribution >= 0.6 is 0 Å². The molecule has 0 aromatic heterocycles. The number of rotatable bonds is 3. The zero-order valence-corrected chi connectivity index (χ0v) is 18.0. The predicted molar refractivity (Wildman–Crippen MR) is 117 cm³/mol. The number of ether oxygens (including phenoxy) is 1. The van der Waals surface area contributed by atoms with Crippen molar-refractivity contribution in [3.8, 4) is 0 Å². The maximum atomic E-state index is 13.9. The van der Waals surface area contributed by atoms with Gasteiger partial charge in [-0.05, 0) is 36.2 Å². The van der Waals surface area contributed by atoms with Crippen molar-refractivity contribution in [2.45, 2.75) is 37.2 Å². The zero-order chi connectivity index (χ0) is 21.8. The summed E-state index contributed by atoms with van der Waals surface area (Å²) in [5, 5.41) is 0. The van der Waals surface area contributed by atoms with E-state index in [1.165, 1.54) is 11.2 Å². The van der Waals surface area contributed by atoms with E-state index in [9.17, 15) is 13.2 Å². The maximum absolute atomic E-state index is 13.9. The third-order valence-electron chi connectivity index (χ3n) is 5.83. The Morgan fingerprint density at radius 2 is 1.55 bits per heavy atom. The molecule has 3 unspecified atom stereocenters. The number of para-hydroxylation sites is 1. The van der Waals surface area contributed by atoms with Gasteiger partial charge in [-0.1, -0.05) is 66.2 Å². The summed E-state index contributed by atoms with van der Waals surface area (Å²) in [7, 11) is -3.93. The Hall–Kier alpha value is -3.00. The summed E-state index contributed by atoms with van der Waals surface area (Å²) >= 11 is 0. The molecule has 2 aliphatic heterocycles. The number of anilines is 1. The van der Waals surface area contributed by atoms with Crippen LogP contribution in [0.25, 0.3) is 0 Å². The molecule has 0 bridgehead atoms. The van der Waals surface area contributed by atoms with Crippen molar-refractivity contribution in [3.63, 3.8) is 0 Å². The van der Waals surface area contributed by atoms with E-state index >= 15 is 0 Å². The third-order valence-corrected chi connectivity index (χ3v) is 7.68. The van der Waals surface area contributed by atoms with E-state index in [4.69, 9.17) is 4.74 Å². The number of fused-ring (bicyclic) bond motifs is 3. The van der Waals surface area contributed by atoms with Crippen LogP contribution in [-0.2, 0) is 19.6 Å². The molecule has 7 heteroatoms. The molecule has 2 aliphatic rings. The Balaban J connectivity index is 1.71. The highest BCUT2D eigenvalue weighted by Crippen LogP contribution is 2.54. The molecular weight excluding hydrogens is 412 g/mol. The lowest BCUT2D eigenvalue weighted by molar-refractivity contribution is -0.119. The van der Waals surface area contributed by atoms with Crippen LogP contribution in [0.5, 0.6) is 0 Å². The molecule has 6 nitrogen and oxygen atoms in total. The molecule has 0 saturated carbocycles. The second-order valence-electron chi connectivity index (χ2n) is 7.83. The topological polar surface area (TPSA) is 66.9 Å². The molecule has 31 heavy (non-hydrogen) atoms. The standard InChI is InChI=1S/C24H22N2O4S/c1-16-12-14-19(15-13-16)31(28,29)26-22-20-10-6-7-11-21(20)25(17(2)27)24(22)30-23(26)18-8-4-3-5-9-18/h3-15,22-24H,1-2H3. The molecule has 0 radical (unpaired) electrons. The quantitative estimate of drug-likeness (QED) is 0.621. The number of sulfonamides is 1. The van der Waals surface area contributed by atoms with Gasteiger partial charge in [-0.3, -0.25) is 9.69 Å². The Morgan fingerprint density at radius 1 is 0.903 bits per heavy atom. The molecular formula is C24H22N2O4S. The number of nitrogens with zero attached hydrogens (tertiary/aromatic N) is 2. The summed E-state index contributed by atoms with van der Waals surface area (Å²) < 4.78 is 35.5. The molecule has 158 valence electrons. The summed E-state index contributed by atoms with van der Waals surface area (Å²) in [6, 6.07) is 22.8. The first-order valence-corrected chi connectivity index (χ1v) is 11.5. The average Bonchev–Trinajstić information content (AvgIpc) is 3.29. The number of carbonyl (C=O) groups is 1. The smallest absolute Gasteiger partial charge is 0.246 e. The molecule has 1 fully saturated rings. The fourth-order valence-corrected chi connectivity index (χ4v) is 6.09. The van der Waals surface area contributed by atoms with E-state index in [2.05, 4.69) is 0 Å². The van der Waals surface area contributed by atoms with Crippen LogP contribution in [0, 0.1) is 6.92 Å². The van der Waals surface area contributed by atoms with Gasteiger partial charge < -0.3 is 4.74 Å². The van der Waals surface area contributed by atoms with Crippen LogP contribution < -0.4 is 4.90 Å². The lowest BCUT2D eigenvalue weighted by Gasteiger charge is -2.27. The van der Waals surface area contributed by atoms with E-state index in [0.29, 0.717) is 11.3 Å². The summed E-state index contributed by atoms with van der Waals surface area (Å²) in [4.78, 5) is 14.3. The maximum Gasteiger partial charge on any atom is 0.246 e. The molecule has 0 N–H and O–H groups in total. The summed E-state index contributed by atoms with van der Waals surface area (Å²) in [5.41, 5.74) is 3.13. The first kappa shape index (κ1) is 19.9. The number of hydrogen-bond donors (Lipinski definition) is 0. The minimum absolute atomic E-state index is 0.193. The van der Waals surface area contributed by atoms with E-state index in [0.717, 1.165) is 11.1 Å². The average molecular weight is 435 g/mol. The lowest BCUT2D eigenvalue weighted by atomic mass is 10.1. The molecule has 3 aromatic rings. The number of carbonyl (C=O) groups excluding carboxylic acids is 1. The van der Waals surface area contributed by atoms with Crippen LogP contribution in [0.3, 0.4) is 0 Å². The monoisotopic (exact) mass is 434 g/mol. The normalized spacial score (nSPS) is 22.9. The SMILES string of the molecule is CC(=O)N1c2ccccc2C2C1OC(c1ccccc1)N2S(=O)(=O)c1ccc(C)cc1. The second kappa shape index (κ2) is 7.30. The number of benzene rings is 3. The summed E-state index contributed by atoms with van der Waals surface area (Å²) in [6.07, 6.45) is -1.59. The van der Waals surface area contributed by atoms with Gasteiger partial charge in [0, 0.05) is 6.92 Å². The van der Waals surface area contributed by atoms with Crippen molar-refractivity contribution >= 4 is 21.6 Å². The third kappa shape index (κ3) is 3.08. The first-order valence-electron chi connectivity index (χ1n) is 10.1. The van der Waals surface area contributed by atoms with Gasteiger partial charge in [0.1, 0.15) is 6.04 Å². The summed E-state index contributed by atoms with van der Waals surface area (Å²) in [6.45, 7) is 3.38. The Morgan fingerprint density at radius 3 is 2.23 bits per heavy atom.